The maximum Gasteiger partial charge on any atom is 0.344 e. The van der Waals surface area contributed by atoms with Gasteiger partial charge in [0.25, 0.3) is 0 Å². The van der Waals surface area contributed by atoms with Crippen molar-refractivity contribution in [2.75, 3.05) is 5.73 Å². The first-order chi connectivity index (χ1) is 9.16. The van der Waals surface area contributed by atoms with Gasteiger partial charge in [-0.05, 0) is 52.9 Å². The number of hydrogen-bond donors (Lipinski definition) is 1. The third-order valence-electron chi connectivity index (χ3n) is 2.95. The maximum atomic E-state index is 12.0. The molecule has 1 aromatic heterocycles. The predicted molar refractivity (Wildman–Crippen MR) is 85.0 cm³/mol. The number of hydrogen-bond acceptors (Lipinski definition) is 3. The Kier molecular flexibility index (Phi) is 3.02. The molecule has 0 aliphatic carbocycles. The summed E-state index contributed by atoms with van der Waals surface area (Å²) in [6.45, 7) is 0. The Morgan fingerprint density at radius 1 is 0.947 bits per heavy atom. The molecule has 2 aromatic carbocycles. The van der Waals surface area contributed by atoms with Crippen molar-refractivity contribution in [2.45, 2.75) is 0 Å². The SMILES string of the molecule is Nc1ccc(-c2oc(=O)c3ccccc3c2I)cc1. The van der Waals surface area contributed by atoms with Crippen LogP contribution >= 0.6 is 22.6 Å². The first kappa shape index (κ1) is 12.2. The van der Waals surface area contributed by atoms with Crippen LogP contribution in [0.4, 0.5) is 5.69 Å². The average Bonchev–Trinajstić information content (AvgIpc) is 2.44. The molecule has 0 aliphatic rings. The summed E-state index contributed by atoms with van der Waals surface area (Å²) < 4.78 is 6.37. The second-order valence-electron chi connectivity index (χ2n) is 4.20. The van der Waals surface area contributed by atoms with Crippen molar-refractivity contribution >= 4 is 39.1 Å². The lowest BCUT2D eigenvalue weighted by atomic mass is 10.1. The van der Waals surface area contributed by atoms with Crippen molar-refractivity contribution in [1.29, 1.82) is 0 Å². The molecule has 3 nitrogen and oxygen atoms in total. The molecule has 2 N–H and O–H groups in total. The molecule has 4 heteroatoms. The van der Waals surface area contributed by atoms with Gasteiger partial charge in [0.05, 0.1) is 8.96 Å². The minimum Gasteiger partial charge on any atom is -0.421 e. The Morgan fingerprint density at radius 2 is 1.58 bits per heavy atom. The van der Waals surface area contributed by atoms with Crippen LogP contribution in [-0.2, 0) is 0 Å². The second kappa shape index (κ2) is 4.70. The van der Waals surface area contributed by atoms with Crippen LogP contribution in [0.2, 0.25) is 0 Å². The molecule has 0 amide bonds. The summed E-state index contributed by atoms with van der Waals surface area (Å²) in [5, 5.41) is 1.51. The van der Waals surface area contributed by atoms with E-state index in [9.17, 15) is 4.79 Å². The molecule has 0 atom stereocenters. The van der Waals surface area contributed by atoms with E-state index in [0.717, 1.165) is 14.5 Å². The van der Waals surface area contributed by atoms with Crippen molar-refractivity contribution in [2.24, 2.45) is 0 Å². The molecule has 0 radical (unpaired) electrons. The zero-order valence-corrected chi connectivity index (χ0v) is 12.0. The van der Waals surface area contributed by atoms with Gasteiger partial charge in [0, 0.05) is 16.6 Å². The molecule has 0 saturated heterocycles. The molecule has 0 spiro atoms. The number of anilines is 1. The summed E-state index contributed by atoms with van der Waals surface area (Å²) >= 11 is 2.20. The second-order valence-corrected chi connectivity index (χ2v) is 5.28. The highest BCUT2D eigenvalue weighted by Gasteiger charge is 2.12. The molecule has 1 heterocycles. The molecule has 3 rings (SSSR count). The van der Waals surface area contributed by atoms with Crippen LogP contribution in [-0.4, -0.2) is 0 Å². The van der Waals surface area contributed by atoms with E-state index in [1.54, 1.807) is 18.2 Å². The molecule has 0 saturated carbocycles. The van der Waals surface area contributed by atoms with Gasteiger partial charge < -0.3 is 10.2 Å². The Balaban J connectivity index is 2.33. The summed E-state index contributed by atoms with van der Waals surface area (Å²) in [5.41, 5.74) is 6.88. The smallest absolute Gasteiger partial charge is 0.344 e. The van der Waals surface area contributed by atoms with Crippen LogP contribution in [0.5, 0.6) is 0 Å². The lowest BCUT2D eigenvalue weighted by molar-refractivity contribution is 0.532. The zero-order valence-electron chi connectivity index (χ0n) is 9.89. The van der Waals surface area contributed by atoms with Crippen molar-refractivity contribution in [3.8, 4) is 11.3 Å². The molecule has 94 valence electrons. The summed E-state index contributed by atoms with van der Waals surface area (Å²) in [7, 11) is 0. The lowest BCUT2D eigenvalue weighted by Gasteiger charge is -2.06. The van der Waals surface area contributed by atoms with E-state index in [1.807, 2.05) is 30.3 Å². The molecular formula is C15H10INO2. The van der Waals surface area contributed by atoms with Crippen LogP contribution in [0.25, 0.3) is 22.1 Å². The van der Waals surface area contributed by atoms with Gasteiger partial charge in [-0.25, -0.2) is 4.79 Å². The first-order valence-electron chi connectivity index (χ1n) is 5.74. The number of nitrogen functional groups attached to an aromatic ring is 1. The standard InChI is InChI=1S/C15H10INO2/c16-13-11-3-1-2-4-12(11)15(18)19-14(13)9-5-7-10(17)8-6-9/h1-8H,17H2. The molecule has 0 unspecified atom stereocenters. The van der Waals surface area contributed by atoms with Crippen molar-refractivity contribution in [1.82, 2.24) is 0 Å². The van der Waals surface area contributed by atoms with Crippen LogP contribution < -0.4 is 11.4 Å². The van der Waals surface area contributed by atoms with E-state index in [1.165, 1.54) is 0 Å². The number of halogens is 1. The zero-order chi connectivity index (χ0) is 13.4. The van der Waals surface area contributed by atoms with Crippen molar-refractivity contribution in [3.05, 3.63) is 62.5 Å². The average molecular weight is 363 g/mol. The Hall–Kier alpha value is -1.82. The maximum absolute atomic E-state index is 12.0. The Morgan fingerprint density at radius 3 is 2.26 bits per heavy atom. The molecule has 0 fully saturated rings. The van der Waals surface area contributed by atoms with Gasteiger partial charge in [0.1, 0.15) is 0 Å². The van der Waals surface area contributed by atoms with Crippen LogP contribution in [0.3, 0.4) is 0 Å². The van der Waals surface area contributed by atoms with Crippen LogP contribution in [0.15, 0.2) is 57.7 Å². The minimum absolute atomic E-state index is 0.317. The fraction of sp³-hybridized carbons (Fsp3) is 0. The van der Waals surface area contributed by atoms with E-state index < -0.39 is 0 Å². The summed E-state index contributed by atoms with van der Waals surface area (Å²) in [6.07, 6.45) is 0. The van der Waals surface area contributed by atoms with E-state index in [-0.39, 0.29) is 5.63 Å². The van der Waals surface area contributed by atoms with Gasteiger partial charge >= 0.3 is 5.63 Å². The lowest BCUT2D eigenvalue weighted by Crippen LogP contribution is -2.02. The molecule has 0 bridgehead atoms. The Bertz CT molecular complexity index is 806. The monoisotopic (exact) mass is 363 g/mol. The highest BCUT2D eigenvalue weighted by atomic mass is 127. The Labute approximate surface area is 123 Å². The summed E-state index contributed by atoms with van der Waals surface area (Å²) in [6, 6.07) is 14.7. The number of benzene rings is 2. The van der Waals surface area contributed by atoms with E-state index >= 15 is 0 Å². The largest absolute Gasteiger partial charge is 0.421 e. The van der Waals surface area contributed by atoms with Gasteiger partial charge in [-0.2, -0.15) is 0 Å². The van der Waals surface area contributed by atoms with Crippen molar-refractivity contribution in [3.63, 3.8) is 0 Å². The number of fused-ring (bicyclic) bond motifs is 1. The van der Waals surface area contributed by atoms with Crippen LogP contribution in [0.1, 0.15) is 0 Å². The van der Waals surface area contributed by atoms with Crippen molar-refractivity contribution < 1.29 is 4.42 Å². The predicted octanol–water partition coefficient (Wildman–Crippen LogP) is 3.65. The van der Waals surface area contributed by atoms with Gasteiger partial charge in [-0.15, -0.1) is 0 Å². The fourth-order valence-corrected chi connectivity index (χ4v) is 2.88. The van der Waals surface area contributed by atoms with Gasteiger partial charge in [0.15, 0.2) is 5.76 Å². The third kappa shape index (κ3) is 2.12. The van der Waals surface area contributed by atoms with E-state index in [0.29, 0.717) is 16.8 Å². The highest BCUT2D eigenvalue weighted by molar-refractivity contribution is 14.1. The number of nitrogens with two attached hydrogens (primary N) is 1. The van der Waals surface area contributed by atoms with Gasteiger partial charge in [-0.1, -0.05) is 18.2 Å². The first-order valence-corrected chi connectivity index (χ1v) is 6.82. The van der Waals surface area contributed by atoms with E-state index in [2.05, 4.69) is 22.6 Å². The molecule has 3 aromatic rings. The molecular weight excluding hydrogens is 353 g/mol. The van der Waals surface area contributed by atoms with Gasteiger partial charge in [-0.3, -0.25) is 0 Å². The summed E-state index contributed by atoms with van der Waals surface area (Å²) in [4.78, 5) is 12.0. The normalized spacial score (nSPS) is 10.8. The third-order valence-corrected chi connectivity index (χ3v) is 4.02. The minimum atomic E-state index is -0.317. The number of rotatable bonds is 1. The quantitative estimate of drug-likeness (QED) is 0.531. The molecule has 19 heavy (non-hydrogen) atoms. The topological polar surface area (TPSA) is 56.2 Å². The van der Waals surface area contributed by atoms with E-state index in [4.69, 9.17) is 10.2 Å². The summed E-state index contributed by atoms with van der Waals surface area (Å²) in [5.74, 6) is 0.587. The highest BCUT2D eigenvalue weighted by Crippen LogP contribution is 2.29. The van der Waals surface area contributed by atoms with Crippen LogP contribution in [0, 0.1) is 3.57 Å². The molecule has 0 aliphatic heterocycles. The fourth-order valence-electron chi connectivity index (χ4n) is 1.99. The van der Waals surface area contributed by atoms with Gasteiger partial charge in [0.2, 0.25) is 0 Å².